The van der Waals surface area contributed by atoms with Crippen LogP contribution in [0.5, 0.6) is 5.75 Å². The molecule has 168 valence electrons. The summed E-state index contributed by atoms with van der Waals surface area (Å²) in [6.07, 6.45) is -4.64. The van der Waals surface area contributed by atoms with E-state index in [9.17, 15) is 18.0 Å². The number of urea groups is 1. The summed E-state index contributed by atoms with van der Waals surface area (Å²) in [4.78, 5) is 16.4. The van der Waals surface area contributed by atoms with E-state index < -0.39 is 17.9 Å². The van der Waals surface area contributed by atoms with Crippen molar-refractivity contribution in [1.82, 2.24) is 10.3 Å². The van der Waals surface area contributed by atoms with Gasteiger partial charge in [-0.15, -0.1) is 0 Å². The van der Waals surface area contributed by atoms with Gasteiger partial charge in [0.2, 0.25) is 0 Å². The molecular formula is C21H16Cl2F3N3O2S. The summed E-state index contributed by atoms with van der Waals surface area (Å²) in [7, 11) is 1.40. The first-order valence-electron chi connectivity index (χ1n) is 9.04. The molecule has 0 aliphatic heterocycles. The second kappa shape index (κ2) is 9.89. The Hall–Kier alpha value is -2.62. The number of rotatable bonds is 5. The summed E-state index contributed by atoms with van der Waals surface area (Å²) >= 11 is 16.2. The van der Waals surface area contributed by atoms with E-state index in [4.69, 9.17) is 27.9 Å². The summed E-state index contributed by atoms with van der Waals surface area (Å²) in [5.74, 6) is 0.341. The number of para-hydroxylation sites is 1. The molecule has 1 N–H and O–H groups in total. The lowest BCUT2D eigenvalue weighted by atomic mass is 10.0. The number of nitrogens with one attached hydrogen (secondary N) is 1. The Bertz CT molecular complexity index is 1150. The Morgan fingerprint density at radius 3 is 2.53 bits per heavy atom. The number of benzene rings is 2. The Labute approximate surface area is 197 Å². The molecule has 3 rings (SSSR count). The summed E-state index contributed by atoms with van der Waals surface area (Å²) in [6, 6.07) is 12.7. The third-order valence-corrected chi connectivity index (χ3v) is 5.62. The fourth-order valence-electron chi connectivity index (χ4n) is 2.87. The van der Waals surface area contributed by atoms with Gasteiger partial charge in [-0.05, 0) is 35.9 Å². The Morgan fingerprint density at radius 2 is 1.84 bits per heavy atom. The Morgan fingerprint density at radius 1 is 1.12 bits per heavy atom. The van der Waals surface area contributed by atoms with Crippen molar-refractivity contribution in [3.63, 3.8) is 0 Å². The average Bonchev–Trinajstić information content (AvgIpc) is 2.78. The van der Waals surface area contributed by atoms with Crippen LogP contribution in [0.4, 0.5) is 23.7 Å². The maximum absolute atomic E-state index is 13.3. The predicted molar refractivity (Wildman–Crippen MR) is 121 cm³/mol. The van der Waals surface area contributed by atoms with Gasteiger partial charge < -0.3 is 10.1 Å². The molecule has 3 aromatic rings. The van der Waals surface area contributed by atoms with Gasteiger partial charge in [-0.1, -0.05) is 60.3 Å². The van der Waals surface area contributed by atoms with E-state index in [0.29, 0.717) is 16.9 Å². The molecule has 0 radical (unpaired) electrons. The zero-order valence-electron chi connectivity index (χ0n) is 16.5. The normalized spacial score (nSPS) is 11.2. The van der Waals surface area contributed by atoms with Gasteiger partial charge in [-0.25, -0.2) is 14.1 Å². The molecule has 2 amide bonds. The fraction of sp³-hybridized carbons (Fsp3) is 0.143. The number of pyridine rings is 1. The van der Waals surface area contributed by atoms with Gasteiger partial charge in [0.1, 0.15) is 11.4 Å². The Balaban J connectivity index is 1.92. The predicted octanol–water partition coefficient (Wildman–Crippen LogP) is 6.64. The van der Waals surface area contributed by atoms with Gasteiger partial charge in [-0.3, -0.25) is 0 Å². The number of carbonyl (C=O) groups is 1. The second-order valence-corrected chi connectivity index (χ2v) is 7.63. The zero-order valence-corrected chi connectivity index (χ0v) is 18.9. The number of amides is 2. The highest BCUT2D eigenvalue weighted by molar-refractivity contribution is 7.82. The zero-order chi connectivity index (χ0) is 23.5. The minimum Gasteiger partial charge on any atom is -0.496 e. The number of aromatic nitrogens is 1. The van der Waals surface area contributed by atoms with Crippen LogP contribution in [0.1, 0.15) is 11.3 Å². The van der Waals surface area contributed by atoms with E-state index in [2.05, 4.69) is 23.1 Å². The van der Waals surface area contributed by atoms with E-state index in [1.165, 1.54) is 13.2 Å². The molecule has 0 unspecified atom stereocenters. The molecule has 0 saturated carbocycles. The van der Waals surface area contributed by atoms with Crippen molar-refractivity contribution >= 4 is 47.7 Å². The van der Waals surface area contributed by atoms with Crippen LogP contribution in [0.3, 0.4) is 0 Å². The van der Waals surface area contributed by atoms with Crippen molar-refractivity contribution in [2.45, 2.75) is 12.7 Å². The van der Waals surface area contributed by atoms with E-state index in [-0.39, 0.29) is 28.0 Å². The molecule has 11 heteroatoms. The van der Waals surface area contributed by atoms with Crippen molar-refractivity contribution in [2.75, 3.05) is 11.4 Å². The molecule has 0 spiro atoms. The van der Waals surface area contributed by atoms with Gasteiger partial charge in [0.15, 0.2) is 0 Å². The average molecular weight is 502 g/mol. The molecule has 2 aromatic carbocycles. The standard InChI is InChI=1S/C21H16Cl2F3N3O2S/c1-31-16-8-3-2-5-13(16)19-12(9-10-17(28-19)21(24,25)26)11-27-20(30)29(32)15-7-4-6-14(22)18(15)23/h2-10,32H,11H2,1H3,(H,27,30). The lowest BCUT2D eigenvalue weighted by Gasteiger charge is -2.19. The van der Waals surface area contributed by atoms with E-state index in [1.807, 2.05) is 0 Å². The van der Waals surface area contributed by atoms with E-state index in [0.717, 1.165) is 10.4 Å². The van der Waals surface area contributed by atoms with Crippen molar-refractivity contribution in [2.24, 2.45) is 0 Å². The monoisotopic (exact) mass is 501 g/mol. The molecule has 32 heavy (non-hydrogen) atoms. The molecule has 0 aliphatic rings. The number of carbonyl (C=O) groups excluding carboxylic acids is 1. The summed E-state index contributed by atoms with van der Waals surface area (Å²) in [5, 5.41) is 2.96. The number of alkyl halides is 3. The third-order valence-electron chi connectivity index (χ3n) is 4.41. The molecule has 0 bridgehead atoms. The molecular weight excluding hydrogens is 486 g/mol. The van der Waals surface area contributed by atoms with Crippen molar-refractivity contribution in [3.8, 4) is 17.0 Å². The summed E-state index contributed by atoms with van der Waals surface area (Å²) < 4.78 is 46.0. The number of methoxy groups -OCH3 is 1. The molecule has 1 aromatic heterocycles. The van der Waals surface area contributed by atoms with Crippen LogP contribution in [-0.2, 0) is 12.7 Å². The minimum atomic E-state index is -4.64. The summed E-state index contributed by atoms with van der Waals surface area (Å²) in [5.41, 5.74) is -0.0877. The van der Waals surface area contributed by atoms with E-state index in [1.54, 1.807) is 42.5 Å². The SMILES string of the molecule is COc1ccccc1-c1nc(C(F)(F)F)ccc1CNC(=O)N(S)c1cccc(Cl)c1Cl. The first-order valence-corrected chi connectivity index (χ1v) is 10.2. The summed E-state index contributed by atoms with van der Waals surface area (Å²) in [6.45, 7) is -0.132. The van der Waals surface area contributed by atoms with Crippen LogP contribution in [-0.4, -0.2) is 18.1 Å². The number of nitrogens with zero attached hydrogens (tertiary/aromatic N) is 2. The molecule has 0 aliphatic carbocycles. The number of thiol groups is 1. The lowest BCUT2D eigenvalue weighted by molar-refractivity contribution is -0.141. The highest BCUT2D eigenvalue weighted by Crippen LogP contribution is 2.36. The van der Waals surface area contributed by atoms with Crippen LogP contribution in [0, 0.1) is 0 Å². The van der Waals surface area contributed by atoms with Crippen molar-refractivity contribution in [1.29, 1.82) is 0 Å². The van der Waals surface area contributed by atoms with Crippen LogP contribution in [0.15, 0.2) is 54.6 Å². The smallest absolute Gasteiger partial charge is 0.433 e. The Kier molecular flexibility index (Phi) is 7.43. The molecule has 1 heterocycles. The highest BCUT2D eigenvalue weighted by atomic mass is 35.5. The van der Waals surface area contributed by atoms with Crippen LogP contribution >= 0.6 is 36.0 Å². The van der Waals surface area contributed by atoms with Gasteiger partial charge in [0, 0.05) is 12.1 Å². The quantitative estimate of drug-likeness (QED) is 0.385. The highest BCUT2D eigenvalue weighted by Gasteiger charge is 2.33. The first-order chi connectivity index (χ1) is 15.1. The number of halogens is 5. The maximum atomic E-state index is 13.3. The second-order valence-electron chi connectivity index (χ2n) is 6.45. The number of hydrogen-bond acceptors (Lipinski definition) is 4. The van der Waals surface area contributed by atoms with Gasteiger partial charge in [0.05, 0.1) is 28.5 Å². The first kappa shape index (κ1) is 24.0. The topological polar surface area (TPSA) is 54.5 Å². The fourth-order valence-corrected chi connectivity index (χ4v) is 3.55. The largest absolute Gasteiger partial charge is 0.496 e. The van der Waals surface area contributed by atoms with Crippen molar-refractivity contribution < 1.29 is 22.7 Å². The van der Waals surface area contributed by atoms with Crippen LogP contribution < -0.4 is 14.4 Å². The van der Waals surface area contributed by atoms with Gasteiger partial charge in [0.25, 0.3) is 0 Å². The molecule has 0 saturated heterocycles. The lowest BCUT2D eigenvalue weighted by Crippen LogP contribution is -2.34. The molecule has 5 nitrogen and oxygen atoms in total. The van der Waals surface area contributed by atoms with Crippen molar-refractivity contribution in [3.05, 3.63) is 75.9 Å². The number of hydrogen-bond donors (Lipinski definition) is 2. The molecule has 0 fully saturated rings. The number of anilines is 1. The van der Waals surface area contributed by atoms with Gasteiger partial charge in [-0.2, -0.15) is 13.2 Å². The number of ether oxygens (including phenoxy) is 1. The minimum absolute atomic E-state index is 0.0316. The van der Waals surface area contributed by atoms with Gasteiger partial charge >= 0.3 is 12.2 Å². The third kappa shape index (κ3) is 5.23. The van der Waals surface area contributed by atoms with E-state index >= 15 is 0 Å². The van der Waals surface area contributed by atoms with Crippen LogP contribution in [0.25, 0.3) is 11.3 Å². The molecule has 0 atom stereocenters. The van der Waals surface area contributed by atoms with Crippen LogP contribution in [0.2, 0.25) is 10.0 Å². The maximum Gasteiger partial charge on any atom is 0.433 e.